The lowest BCUT2D eigenvalue weighted by molar-refractivity contribution is -0.137. The summed E-state index contributed by atoms with van der Waals surface area (Å²) >= 11 is 5.99. The molecule has 0 spiro atoms. The van der Waals surface area contributed by atoms with E-state index >= 15 is 0 Å². The van der Waals surface area contributed by atoms with Crippen LogP contribution in [0.4, 0.5) is 11.6 Å². The van der Waals surface area contributed by atoms with E-state index in [1.165, 1.54) is 11.1 Å². The average molecular weight is 612 g/mol. The molecule has 4 aromatic rings. The number of hydrogen-bond donors (Lipinski definition) is 2. The molecule has 0 aliphatic carbocycles. The lowest BCUT2D eigenvalue weighted by atomic mass is 10.0. The van der Waals surface area contributed by atoms with Crippen molar-refractivity contribution in [1.29, 1.82) is 0 Å². The van der Waals surface area contributed by atoms with Crippen LogP contribution in [0.1, 0.15) is 40.0 Å². The number of aliphatic carboxylic acids is 1. The first kappa shape index (κ1) is 30.7. The van der Waals surface area contributed by atoms with Crippen LogP contribution in [0.3, 0.4) is 0 Å². The minimum absolute atomic E-state index is 0.173. The van der Waals surface area contributed by atoms with E-state index in [0.29, 0.717) is 54.6 Å². The largest absolute Gasteiger partial charge is 0.480 e. The number of nitrogens with one attached hydrogen (secondary N) is 1. The van der Waals surface area contributed by atoms with Gasteiger partial charge in [0.05, 0.1) is 11.3 Å². The summed E-state index contributed by atoms with van der Waals surface area (Å²) in [5.74, 6) is -1.34. The van der Waals surface area contributed by atoms with Crippen molar-refractivity contribution in [2.75, 3.05) is 29.9 Å². The second-order valence-corrected chi connectivity index (χ2v) is 11.2. The first-order valence-corrected chi connectivity index (χ1v) is 15.0. The summed E-state index contributed by atoms with van der Waals surface area (Å²) in [7, 11) is 0. The maximum atomic E-state index is 13.9. The SMILES string of the molecule is O=C(O)CN(CCc1ccccc1)C(=O)c1cnc(N2CCC[C@H]2C(=O)Nc2ccc(Cl)cc2)nc1CCc1ccccc1. The van der Waals surface area contributed by atoms with Gasteiger partial charge in [-0.2, -0.15) is 0 Å². The maximum absolute atomic E-state index is 13.9. The number of aryl methyl sites for hydroxylation is 2. The van der Waals surface area contributed by atoms with Gasteiger partial charge in [-0.15, -0.1) is 0 Å². The fraction of sp³-hybridized carbons (Fsp3) is 0.265. The fourth-order valence-electron chi connectivity index (χ4n) is 5.35. The van der Waals surface area contributed by atoms with Crippen molar-refractivity contribution in [1.82, 2.24) is 14.9 Å². The molecule has 1 aromatic heterocycles. The van der Waals surface area contributed by atoms with Crippen LogP contribution in [0.2, 0.25) is 5.02 Å². The molecule has 0 unspecified atom stereocenters. The van der Waals surface area contributed by atoms with Gasteiger partial charge in [0.2, 0.25) is 11.9 Å². The number of halogens is 1. The van der Waals surface area contributed by atoms with Gasteiger partial charge in [0.25, 0.3) is 5.91 Å². The Bertz CT molecular complexity index is 1580. The summed E-state index contributed by atoms with van der Waals surface area (Å²) in [6.45, 7) is 0.380. The Balaban J connectivity index is 1.41. The number of rotatable bonds is 12. The van der Waals surface area contributed by atoms with Gasteiger partial charge in [-0.1, -0.05) is 72.3 Å². The standard InChI is InChI=1S/C34H34ClN5O4/c35-26-14-16-27(17-15-26)37-32(43)30-12-7-20-40(30)34-36-22-28(29(38-34)18-13-24-8-3-1-4-9-24)33(44)39(23-31(41)42)21-19-25-10-5-2-6-11-25/h1-6,8-11,14-17,22,30H,7,12-13,18-21,23H2,(H,37,43)(H,41,42)/t30-/m0/s1. The van der Waals surface area contributed by atoms with E-state index in [2.05, 4.69) is 10.3 Å². The Morgan fingerprint density at radius 1 is 0.909 bits per heavy atom. The molecule has 0 bridgehead atoms. The predicted molar refractivity (Wildman–Crippen MR) is 170 cm³/mol. The van der Waals surface area contributed by atoms with Gasteiger partial charge in [0, 0.05) is 30.0 Å². The Kier molecular flexibility index (Phi) is 10.2. The predicted octanol–water partition coefficient (Wildman–Crippen LogP) is 5.29. The van der Waals surface area contributed by atoms with Gasteiger partial charge < -0.3 is 20.2 Å². The van der Waals surface area contributed by atoms with E-state index < -0.39 is 24.5 Å². The van der Waals surface area contributed by atoms with Crippen molar-refractivity contribution in [3.8, 4) is 0 Å². The van der Waals surface area contributed by atoms with E-state index in [-0.39, 0.29) is 18.0 Å². The number of nitrogens with zero attached hydrogens (tertiary/aromatic N) is 4. The number of benzene rings is 3. The Morgan fingerprint density at radius 3 is 2.23 bits per heavy atom. The number of carboxylic acids is 1. The number of carboxylic acid groups (broad SMARTS) is 1. The molecular weight excluding hydrogens is 578 g/mol. The molecule has 0 saturated carbocycles. The second kappa shape index (κ2) is 14.6. The van der Waals surface area contributed by atoms with Crippen LogP contribution in [0.15, 0.2) is 91.1 Å². The molecule has 226 valence electrons. The van der Waals surface area contributed by atoms with Crippen molar-refractivity contribution >= 4 is 41.0 Å². The third-order valence-corrected chi connectivity index (χ3v) is 7.88. The smallest absolute Gasteiger partial charge is 0.323 e. The highest BCUT2D eigenvalue weighted by Gasteiger charge is 2.33. The van der Waals surface area contributed by atoms with E-state index in [4.69, 9.17) is 16.6 Å². The van der Waals surface area contributed by atoms with E-state index in [9.17, 15) is 19.5 Å². The summed E-state index contributed by atoms with van der Waals surface area (Å²) in [6, 6.07) is 26.0. The first-order chi connectivity index (χ1) is 21.4. The van der Waals surface area contributed by atoms with Crippen molar-refractivity contribution in [2.45, 2.75) is 38.1 Å². The second-order valence-electron chi connectivity index (χ2n) is 10.7. The van der Waals surface area contributed by atoms with Crippen LogP contribution in [0.25, 0.3) is 0 Å². The van der Waals surface area contributed by atoms with Gasteiger partial charge in [-0.05, 0) is 67.5 Å². The monoisotopic (exact) mass is 611 g/mol. The first-order valence-electron chi connectivity index (χ1n) is 14.7. The highest BCUT2D eigenvalue weighted by atomic mass is 35.5. The zero-order valence-electron chi connectivity index (χ0n) is 24.2. The number of hydrogen-bond acceptors (Lipinski definition) is 6. The molecule has 9 nitrogen and oxygen atoms in total. The Labute approximate surface area is 261 Å². The zero-order chi connectivity index (χ0) is 30.9. The van der Waals surface area contributed by atoms with Crippen LogP contribution >= 0.6 is 11.6 Å². The molecule has 44 heavy (non-hydrogen) atoms. The average Bonchev–Trinajstić information content (AvgIpc) is 3.54. The molecule has 1 saturated heterocycles. The lowest BCUT2D eigenvalue weighted by Crippen LogP contribution is -2.41. The molecule has 2 amide bonds. The third kappa shape index (κ3) is 7.99. The Morgan fingerprint density at radius 2 is 1.57 bits per heavy atom. The Hall–Kier alpha value is -4.76. The van der Waals surface area contributed by atoms with Crippen molar-refractivity contribution in [3.05, 3.63) is 119 Å². The summed E-state index contributed by atoms with van der Waals surface area (Å²) < 4.78 is 0. The summed E-state index contributed by atoms with van der Waals surface area (Å²) in [6.07, 6.45) is 4.48. The number of amides is 2. The van der Waals surface area contributed by atoms with Crippen molar-refractivity contribution in [2.24, 2.45) is 0 Å². The molecule has 2 heterocycles. The topological polar surface area (TPSA) is 116 Å². The minimum Gasteiger partial charge on any atom is -0.480 e. The summed E-state index contributed by atoms with van der Waals surface area (Å²) in [5.41, 5.74) is 3.51. The van der Waals surface area contributed by atoms with Gasteiger partial charge >= 0.3 is 5.97 Å². The summed E-state index contributed by atoms with van der Waals surface area (Å²) in [5, 5.41) is 13.1. The van der Waals surface area contributed by atoms with Crippen LogP contribution in [-0.2, 0) is 28.9 Å². The van der Waals surface area contributed by atoms with Crippen LogP contribution < -0.4 is 10.2 Å². The minimum atomic E-state index is -1.10. The van der Waals surface area contributed by atoms with Crippen LogP contribution in [0.5, 0.6) is 0 Å². The van der Waals surface area contributed by atoms with Gasteiger partial charge in [0.15, 0.2) is 0 Å². The number of anilines is 2. The quantitative estimate of drug-likeness (QED) is 0.224. The fourth-order valence-corrected chi connectivity index (χ4v) is 5.48. The number of carbonyl (C=O) groups is 3. The summed E-state index contributed by atoms with van der Waals surface area (Å²) in [4.78, 5) is 51.5. The molecule has 10 heteroatoms. The molecule has 1 aliphatic rings. The molecule has 2 N–H and O–H groups in total. The molecule has 1 fully saturated rings. The molecular formula is C34H34ClN5O4. The maximum Gasteiger partial charge on any atom is 0.323 e. The normalized spacial score (nSPS) is 14.3. The van der Waals surface area contributed by atoms with Crippen LogP contribution in [0, 0.1) is 0 Å². The lowest BCUT2D eigenvalue weighted by Gasteiger charge is -2.26. The highest BCUT2D eigenvalue weighted by molar-refractivity contribution is 6.30. The molecule has 1 atom stereocenters. The number of carbonyl (C=O) groups excluding carboxylic acids is 2. The van der Waals surface area contributed by atoms with Gasteiger partial charge in [-0.25, -0.2) is 9.97 Å². The zero-order valence-corrected chi connectivity index (χ0v) is 25.0. The van der Waals surface area contributed by atoms with E-state index in [1.807, 2.05) is 65.6 Å². The van der Waals surface area contributed by atoms with Crippen molar-refractivity contribution in [3.63, 3.8) is 0 Å². The van der Waals surface area contributed by atoms with Crippen molar-refractivity contribution < 1.29 is 19.5 Å². The molecule has 0 radical (unpaired) electrons. The third-order valence-electron chi connectivity index (χ3n) is 7.63. The van der Waals surface area contributed by atoms with E-state index in [0.717, 1.165) is 17.5 Å². The van der Waals surface area contributed by atoms with E-state index in [1.54, 1.807) is 24.3 Å². The van der Waals surface area contributed by atoms with Gasteiger partial charge in [0.1, 0.15) is 12.6 Å². The molecule has 3 aromatic carbocycles. The van der Waals surface area contributed by atoms with Gasteiger partial charge in [-0.3, -0.25) is 14.4 Å². The van der Waals surface area contributed by atoms with Crippen LogP contribution in [-0.4, -0.2) is 63.4 Å². The molecule has 5 rings (SSSR count). The molecule has 1 aliphatic heterocycles. The highest BCUT2D eigenvalue weighted by Crippen LogP contribution is 2.26. The number of aromatic nitrogens is 2.